The first-order valence-corrected chi connectivity index (χ1v) is 12.7. The Balaban J connectivity index is 1.58. The quantitative estimate of drug-likeness (QED) is 0.746. The maximum atomic E-state index is 6.50. The van der Waals surface area contributed by atoms with Crippen LogP contribution < -0.4 is 5.46 Å². The summed E-state index contributed by atoms with van der Waals surface area (Å²) in [5.41, 5.74) is 0.355. The molecule has 0 atom stereocenters. The first kappa shape index (κ1) is 20.1. The van der Waals surface area contributed by atoms with Crippen LogP contribution in [0.2, 0.25) is 18.1 Å². The van der Waals surface area contributed by atoms with Crippen LogP contribution >= 0.6 is 0 Å². The summed E-state index contributed by atoms with van der Waals surface area (Å²) < 4.78 is 20.8. The van der Waals surface area contributed by atoms with Gasteiger partial charge in [-0.05, 0) is 58.7 Å². The lowest BCUT2D eigenvalue weighted by molar-refractivity contribution is 0.00578. The fourth-order valence-electron chi connectivity index (χ4n) is 3.10. The summed E-state index contributed by atoms with van der Waals surface area (Å²) >= 11 is 0. The van der Waals surface area contributed by atoms with Crippen molar-refractivity contribution in [2.45, 2.75) is 103 Å². The summed E-state index contributed by atoms with van der Waals surface area (Å²) in [6.07, 6.45) is 6.40. The molecule has 1 aliphatic carbocycles. The van der Waals surface area contributed by atoms with Crippen LogP contribution in [-0.4, -0.2) is 42.5 Å². The summed E-state index contributed by atoms with van der Waals surface area (Å²) in [7, 11) is -2.03. The number of nitrogens with zero attached hydrogens (tertiary/aromatic N) is 2. The standard InChI is InChI=1S/C19H35BN2O3Si/c1-17(2,3)26(8,9)23-16-10-15(11-16)22-13-14(12-21-22)20-24-18(4,5)19(6,7)25-20/h12-13,15-16H,10-11H2,1-9H3. The molecule has 146 valence electrons. The second-order valence-corrected chi connectivity index (χ2v) is 15.2. The Hall–Kier alpha value is -0.628. The zero-order chi connectivity index (χ0) is 19.5. The van der Waals surface area contributed by atoms with Crippen molar-refractivity contribution in [1.29, 1.82) is 0 Å². The minimum absolute atomic E-state index is 0.258. The van der Waals surface area contributed by atoms with E-state index in [4.69, 9.17) is 13.7 Å². The number of aromatic nitrogens is 2. The average Bonchev–Trinajstić information content (AvgIpc) is 2.95. The summed E-state index contributed by atoms with van der Waals surface area (Å²) in [6, 6.07) is 0.418. The number of hydrogen-bond donors (Lipinski definition) is 0. The van der Waals surface area contributed by atoms with Gasteiger partial charge in [0.2, 0.25) is 0 Å². The van der Waals surface area contributed by atoms with Crippen LogP contribution in [0.25, 0.3) is 0 Å². The molecule has 1 aromatic heterocycles. The smallest absolute Gasteiger partial charge is 0.414 e. The van der Waals surface area contributed by atoms with Gasteiger partial charge in [-0.1, -0.05) is 20.8 Å². The summed E-state index contributed by atoms with van der Waals surface area (Å²) in [4.78, 5) is 0. The lowest BCUT2D eigenvalue weighted by Crippen LogP contribution is -2.47. The third-order valence-corrected chi connectivity index (χ3v) is 11.4. The summed E-state index contributed by atoms with van der Waals surface area (Å²) in [5.74, 6) is 0. The molecule has 0 amide bonds. The predicted octanol–water partition coefficient (Wildman–Crippen LogP) is 3.91. The summed E-state index contributed by atoms with van der Waals surface area (Å²) in [5, 5.41) is 4.83. The van der Waals surface area contributed by atoms with Gasteiger partial charge in [0.1, 0.15) is 0 Å². The first-order chi connectivity index (χ1) is 11.7. The molecule has 1 saturated carbocycles. The highest BCUT2D eigenvalue weighted by atomic mass is 28.4. The third-order valence-electron chi connectivity index (χ3n) is 6.86. The Bertz CT molecular complexity index is 644. The third kappa shape index (κ3) is 3.55. The topological polar surface area (TPSA) is 45.5 Å². The molecule has 7 heteroatoms. The highest BCUT2D eigenvalue weighted by molar-refractivity contribution is 6.74. The van der Waals surface area contributed by atoms with Crippen LogP contribution in [0.15, 0.2) is 12.4 Å². The van der Waals surface area contributed by atoms with Crippen molar-refractivity contribution < 1.29 is 13.7 Å². The van der Waals surface area contributed by atoms with Crippen LogP contribution in [0, 0.1) is 0 Å². The molecular weight excluding hydrogens is 343 g/mol. The Labute approximate surface area is 160 Å². The average molecular weight is 378 g/mol. The zero-order valence-corrected chi connectivity index (χ0v) is 18.9. The van der Waals surface area contributed by atoms with Gasteiger partial charge < -0.3 is 13.7 Å². The lowest BCUT2D eigenvalue weighted by Gasteiger charge is -2.44. The molecule has 2 heterocycles. The van der Waals surface area contributed by atoms with E-state index in [9.17, 15) is 0 Å². The van der Waals surface area contributed by atoms with E-state index in [0.29, 0.717) is 12.1 Å². The molecule has 0 radical (unpaired) electrons. The minimum atomic E-state index is -1.69. The van der Waals surface area contributed by atoms with Crippen LogP contribution in [0.1, 0.15) is 67.3 Å². The molecule has 1 aromatic rings. The molecule has 1 saturated heterocycles. The largest absolute Gasteiger partial charge is 0.498 e. The number of rotatable bonds is 4. The maximum absolute atomic E-state index is 6.50. The van der Waals surface area contributed by atoms with Crippen LogP contribution in [0.5, 0.6) is 0 Å². The van der Waals surface area contributed by atoms with Gasteiger partial charge in [0, 0.05) is 24.0 Å². The normalized spacial score (nSPS) is 28.3. The molecule has 0 N–H and O–H groups in total. The van der Waals surface area contributed by atoms with Crippen LogP contribution in [0.4, 0.5) is 0 Å². The van der Waals surface area contributed by atoms with Gasteiger partial charge in [0.25, 0.3) is 0 Å². The molecule has 5 nitrogen and oxygen atoms in total. The van der Waals surface area contributed by atoms with E-state index in [0.717, 1.165) is 18.3 Å². The van der Waals surface area contributed by atoms with E-state index in [2.05, 4.69) is 77.5 Å². The SMILES string of the molecule is CC1(C)OB(c2cnn(C3CC(O[Si](C)(C)C(C)(C)C)C3)c2)OC1(C)C. The second-order valence-electron chi connectivity index (χ2n) is 10.5. The second kappa shape index (κ2) is 6.19. The Morgan fingerprint density at radius 3 is 2.19 bits per heavy atom. The highest BCUT2D eigenvalue weighted by Gasteiger charge is 2.52. The molecule has 2 fully saturated rings. The van der Waals surface area contributed by atoms with E-state index in [1.54, 1.807) is 0 Å². The first-order valence-electron chi connectivity index (χ1n) is 9.79. The Morgan fingerprint density at radius 2 is 1.69 bits per heavy atom. The Morgan fingerprint density at radius 1 is 1.15 bits per heavy atom. The molecular formula is C19H35BN2O3Si. The maximum Gasteiger partial charge on any atom is 0.498 e. The van der Waals surface area contributed by atoms with Gasteiger partial charge in [-0.15, -0.1) is 0 Å². The molecule has 3 rings (SSSR count). The summed E-state index contributed by atoms with van der Waals surface area (Å²) in [6.45, 7) is 19.8. The van der Waals surface area contributed by atoms with Gasteiger partial charge in [0.15, 0.2) is 8.32 Å². The van der Waals surface area contributed by atoms with Gasteiger partial charge in [0.05, 0.1) is 17.2 Å². The van der Waals surface area contributed by atoms with E-state index < -0.39 is 8.32 Å². The van der Waals surface area contributed by atoms with Crippen molar-refractivity contribution in [2.24, 2.45) is 0 Å². The van der Waals surface area contributed by atoms with Crippen LogP contribution in [0.3, 0.4) is 0 Å². The molecule has 0 spiro atoms. The minimum Gasteiger partial charge on any atom is -0.414 e. The molecule has 1 aliphatic heterocycles. The van der Waals surface area contributed by atoms with Crippen molar-refractivity contribution in [2.75, 3.05) is 0 Å². The van der Waals surface area contributed by atoms with Crippen LogP contribution in [-0.2, 0) is 13.7 Å². The van der Waals surface area contributed by atoms with E-state index in [1.165, 1.54) is 0 Å². The fourth-order valence-corrected chi connectivity index (χ4v) is 4.48. The van der Waals surface area contributed by atoms with Gasteiger partial charge in [-0.3, -0.25) is 4.68 Å². The molecule has 26 heavy (non-hydrogen) atoms. The fraction of sp³-hybridized carbons (Fsp3) is 0.842. The van der Waals surface area contributed by atoms with Crippen molar-refractivity contribution in [3.63, 3.8) is 0 Å². The monoisotopic (exact) mass is 378 g/mol. The predicted molar refractivity (Wildman–Crippen MR) is 108 cm³/mol. The van der Waals surface area contributed by atoms with Gasteiger partial charge in [-0.2, -0.15) is 5.10 Å². The molecule has 2 aliphatic rings. The lowest BCUT2D eigenvalue weighted by atomic mass is 9.81. The highest BCUT2D eigenvalue weighted by Crippen LogP contribution is 2.42. The van der Waals surface area contributed by atoms with Crippen molar-refractivity contribution >= 4 is 20.9 Å². The molecule has 0 unspecified atom stereocenters. The molecule has 0 aromatic carbocycles. The van der Waals surface area contributed by atoms with E-state index in [-0.39, 0.29) is 23.4 Å². The van der Waals surface area contributed by atoms with Gasteiger partial charge in [-0.25, -0.2) is 0 Å². The zero-order valence-electron chi connectivity index (χ0n) is 17.9. The number of hydrogen-bond acceptors (Lipinski definition) is 4. The van der Waals surface area contributed by atoms with Gasteiger partial charge >= 0.3 is 7.12 Å². The van der Waals surface area contributed by atoms with E-state index >= 15 is 0 Å². The van der Waals surface area contributed by atoms with Crippen molar-refractivity contribution in [1.82, 2.24) is 9.78 Å². The molecule has 0 bridgehead atoms. The van der Waals surface area contributed by atoms with Crippen molar-refractivity contribution in [3.8, 4) is 0 Å². The Kier molecular flexibility index (Phi) is 4.79. The van der Waals surface area contributed by atoms with E-state index in [1.807, 2.05) is 6.20 Å². The van der Waals surface area contributed by atoms with Crippen molar-refractivity contribution in [3.05, 3.63) is 12.4 Å².